The van der Waals surface area contributed by atoms with Crippen molar-refractivity contribution in [3.63, 3.8) is 0 Å². The summed E-state index contributed by atoms with van der Waals surface area (Å²) in [6, 6.07) is 9.19. The molecule has 1 aromatic carbocycles. The molecule has 9 heteroatoms. The Morgan fingerprint density at radius 1 is 1.14 bits per heavy atom. The molecule has 1 saturated heterocycles. The second-order valence-corrected chi connectivity index (χ2v) is 6.65. The second-order valence-electron chi connectivity index (χ2n) is 6.65. The number of Topliss-reactive ketones (excluding diaryl/α,β-unsaturated/α-hetero) is 1. The summed E-state index contributed by atoms with van der Waals surface area (Å²) >= 11 is 0. The fourth-order valence-corrected chi connectivity index (χ4v) is 3.28. The van der Waals surface area contributed by atoms with Gasteiger partial charge in [-0.25, -0.2) is 4.79 Å². The van der Waals surface area contributed by atoms with E-state index in [9.17, 15) is 19.2 Å². The smallest absolute Gasteiger partial charge is 0.332 e. The van der Waals surface area contributed by atoms with Crippen LogP contribution in [-0.4, -0.2) is 51.9 Å². The molecule has 1 amide bonds. The minimum atomic E-state index is -0.694. The molecule has 148 valence electrons. The van der Waals surface area contributed by atoms with E-state index in [1.807, 2.05) is 30.3 Å². The first kappa shape index (κ1) is 19.6. The molecule has 0 atom stereocenters. The van der Waals surface area contributed by atoms with Crippen LogP contribution in [0.25, 0.3) is 0 Å². The zero-order valence-electron chi connectivity index (χ0n) is 15.7. The van der Waals surface area contributed by atoms with Crippen molar-refractivity contribution in [3.05, 3.63) is 62.3 Å². The molecular weight excluding hydrogens is 362 g/mol. The highest BCUT2D eigenvalue weighted by Crippen LogP contribution is 2.10. The lowest BCUT2D eigenvalue weighted by Crippen LogP contribution is -2.50. The van der Waals surface area contributed by atoms with E-state index in [4.69, 9.17) is 5.73 Å². The Labute approximate surface area is 161 Å². The maximum Gasteiger partial charge on any atom is 0.332 e. The van der Waals surface area contributed by atoms with Gasteiger partial charge in [-0.2, -0.15) is 0 Å². The number of anilines is 1. The average Bonchev–Trinajstić information content (AvgIpc) is 2.66. The maximum absolute atomic E-state index is 12.9. The van der Waals surface area contributed by atoms with Crippen LogP contribution in [0.5, 0.6) is 0 Å². The Balaban J connectivity index is 2.01. The Morgan fingerprint density at radius 3 is 2.50 bits per heavy atom. The van der Waals surface area contributed by atoms with Gasteiger partial charge in [0.1, 0.15) is 11.4 Å². The van der Waals surface area contributed by atoms with Crippen LogP contribution in [0, 0.1) is 0 Å². The van der Waals surface area contributed by atoms with Crippen molar-refractivity contribution < 1.29 is 9.59 Å². The fourth-order valence-electron chi connectivity index (χ4n) is 3.28. The zero-order chi connectivity index (χ0) is 20.3. The monoisotopic (exact) mass is 385 g/mol. The number of amides is 1. The quantitative estimate of drug-likeness (QED) is 0.633. The van der Waals surface area contributed by atoms with Gasteiger partial charge in [0.2, 0.25) is 5.91 Å². The molecule has 0 bridgehead atoms. The number of nitrogens with zero attached hydrogens (tertiary/aromatic N) is 3. The third kappa shape index (κ3) is 3.89. The van der Waals surface area contributed by atoms with Gasteiger partial charge in [0, 0.05) is 19.6 Å². The van der Waals surface area contributed by atoms with Crippen molar-refractivity contribution in [2.24, 2.45) is 0 Å². The van der Waals surface area contributed by atoms with E-state index in [1.165, 1.54) is 4.57 Å². The summed E-state index contributed by atoms with van der Waals surface area (Å²) in [5.74, 6) is -0.816. The fraction of sp³-hybridized carbons (Fsp3) is 0.368. The molecule has 0 aliphatic carbocycles. The topological polar surface area (TPSA) is 119 Å². The lowest BCUT2D eigenvalue weighted by Gasteiger charge is -2.26. The molecule has 3 rings (SSSR count). The number of hydrogen-bond acceptors (Lipinski definition) is 6. The number of nitrogen functional groups attached to an aromatic ring is 1. The molecular formula is C19H23N5O4. The molecule has 1 aliphatic heterocycles. The first-order valence-electron chi connectivity index (χ1n) is 9.11. The molecule has 0 radical (unpaired) electrons. The van der Waals surface area contributed by atoms with Crippen LogP contribution >= 0.6 is 0 Å². The Hall–Kier alpha value is -3.20. The van der Waals surface area contributed by atoms with E-state index in [0.717, 1.165) is 10.1 Å². The predicted molar refractivity (Wildman–Crippen MR) is 104 cm³/mol. The zero-order valence-corrected chi connectivity index (χ0v) is 15.7. The summed E-state index contributed by atoms with van der Waals surface area (Å²) in [7, 11) is 0. The van der Waals surface area contributed by atoms with E-state index >= 15 is 0 Å². The number of piperazine rings is 1. The summed E-state index contributed by atoms with van der Waals surface area (Å²) in [6.45, 7) is 2.85. The standard InChI is InChI=1S/C19H23N5O4/c1-2-23-18(27)16(14(25)11-22-9-8-21-15(26)12-22)17(20)24(19(23)28)10-13-6-4-3-5-7-13/h3-7H,2,8-12,20H2,1H3,(H,21,26). The number of hydrogen-bond donors (Lipinski definition) is 2. The first-order valence-corrected chi connectivity index (χ1v) is 9.11. The number of carbonyl (C=O) groups is 2. The summed E-state index contributed by atoms with van der Waals surface area (Å²) in [4.78, 5) is 51.5. The van der Waals surface area contributed by atoms with E-state index in [0.29, 0.717) is 13.1 Å². The van der Waals surface area contributed by atoms with Gasteiger partial charge in [-0.1, -0.05) is 30.3 Å². The molecule has 28 heavy (non-hydrogen) atoms. The van der Waals surface area contributed by atoms with Gasteiger partial charge in [0.15, 0.2) is 5.78 Å². The van der Waals surface area contributed by atoms with Gasteiger partial charge in [-0.3, -0.25) is 28.4 Å². The highest BCUT2D eigenvalue weighted by molar-refractivity contribution is 6.01. The molecule has 1 fully saturated rings. The van der Waals surface area contributed by atoms with Gasteiger partial charge in [-0.15, -0.1) is 0 Å². The van der Waals surface area contributed by atoms with Crippen molar-refractivity contribution in [1.29, 1.82) is 0 Å². The third-order valence-corrected chi connectivity index (χ3v) is 4.73. The second kappa shape index (κ2) is 8.22. The lowest BCUT2D eigenvalue weighted by molar-refractivity contribution is -0.123. The van der Waals surface area contributed by atoms with Crippen LogP contribution in [0.1, 0.15) is 22.8 Å². The molecule has 2 heterocycles. The highest BCUT2D eigenvalue weighted by atomic mass is 16.2. The molecule has 3 N–H and O–H groups in total. The Morgan fingerprint density at radius 2 is 1.86 bits per heavy atom. The SMILES string of the molecule is CCn1c(=O)c(C(=O)CN2CCNC(=O)C2)c(N)n(Cc2ccccc2)c1=O. The molecule has 9 nitrogen and oxygen atoms in total. The van der Waals surface area contributed by atoms with Crippen LogP contribution in [0.15, 0.2) is 39.9 Å². The van der Waals surface area contributed by atoms with Crippen LogP contribution in [0.3, 0.4) is 0 Å². The summed E-state index contributed by atoms with van der Waals surface area (Å²) in [5, 5.41) is 2.68. The van der Waals surface area contributed by atoms with Crippen molar-refractivity contribution >= 4 is 17.5 Å². The number of aromatic nitrogens is 2. The number of nitrogens with two attached hydrogens (primary N) is 1. The molecule has 0 unspecified atom stereocenters. The third-order valence-electron chi connectivity index (χ3n) is 4.73. The summed E-state index contributed by atoms with van der Waals surface area (Å²) in [6.07, 6.45) is 0. The molecule has 0 spiro atoms. The van der Waals surface area contributed by atoms with Crippen LogP contribution in [0.2, 0.25) is 0 Å². The Bertz CT molecular complexity index is 1010. The van der Waals surface area contributed by atoms with E-state index in [-0.39, 0.29) is 43.5 Å². The largest absolute Gasteiger partial charge is 0.384 e. The van der Waals surface area contributed by atoms with Gasteiger partial charge >= 0.3 is 5.69 Å². The van der Waals surface area contributed by atoms with Crippen LogP contribution in [0.4, 0.5) is 5.82 Å². The first-order chi connectivity index (χ1) is 13.4. The predicted octanol–water partition coefficient (Wildman–Crippen LogP) is -0.725. The van der Waals surface area contributed by atoms with E-state index in [1.54, 1.807) is 11.8 Å². The van der Waals surface area contributed by atoms with E-state index < -0.39 is 17.0 Å². The number of nitrogens with one attached hydrogen (secondary N) is 1. The van der Waals surface area contributed by atoms with Gasteiger partial charge in [0.05, 0.1) is 19.6 Å². The number of rotatable bonds is 6. The van der Waals surface area contributed by atoms with Gasteiger partial charge in [0.25, 0.3) is 5.56 Å². The molecule has 2 aromatic rings. The highest BCUT2D eigenvalue weighted by Gasteiger charge is 2.25. The molecule has 0 saturated carbocycles. The summed E-state index contributed by atoms with van der Waals surface area (Å²) < 4.78 is 2.26. The molecule has 1 aromatic heterocycles. The average molecular weight is 385 g/mol. The number of ketones is 1. The number of carbonyl (C=O) groups excluding carboxylic acids is 2. The van der Waals surface area contributed by atoms with Gasteiger partial charge < -0.3 is 11.1 Å². The van der Waals surface area contributed by atoms with Crippen molar-refractivity contribution in [2.45, 2.75) is 20.0 Å². The summed E-state index contributed by atoms with van der Waals surface area (Å²) in [5.41, 5.74) is 5.49. The molecule has 1 aliphatic rings. The van der Waals surface area contributed by atoms with Crippen molar-refractivity contribution in [1.82, 2.24) is 19.4 Å². The van der Waals surface area contributed by atoms with Crippen LogP contribution in [-0.2, 0) is 17.9 Å². The normalized spacial score (nSPS) is 14.7. The lowest BCUT2D eigenvalue weighted by atomic mass is 10.1. The van der Waals surface area contributed by atoms with Crippen LogP contribution < -0.4 is 22.3 Å². The van der Waals surface area contributed by atoms with Crippen molar-refractivity contribution in [2.75, 3.05) is 31.9 Å². The van der Waals surface area contributed by atoms with Gasteiger partial charge in [-0.05, 0) is 12.5 Å². The Kier molecular flexibility index (Phi) is 5.74. The van der Waals surface area contributed by atoms with Crippen molar-refractivity contribution in [3.8, 4) is 0 Å². The van der Waals surface area contributed by atoms with E-state index in [2.05, 4.69) is 5.32 Å². The minimum Gasteiger partial charge on any atom is -0.384 e. The number of benzene rings is 1. The minimum absolute atomic E-state index is 0.0806. The maximum atomic E-state index is 12.9.